The Morgan fingerprint density at radius 3 is 2.29 bits per heavy atom. The fourth-order valence-electron chi connectivity index (χ4n) is 3.73. The summed E-state index contributed by atoms with van der Waals surface area (Å²) in [5.41, 5.74) is 7.66. The van der Waals surface area contributed by atoms with Crippen LogP contribution in [0.1, 0.15) is 56.2 Å². The van der Waals surface area contributed by atoms with Crippen molar-refractivity contribution in [3.05, 3.63) is 86.8 Å². The number of hydrazine groups is 1. The van der Waals surface area contributed by atoms with Gasteiger partial charge in [0.25, 0.3) is 15.9 Å². The Labute approximate surface area is 211 Å². The third-order valence-electron chi connectivity index (χ3n) is 5.56. The number of sulfonamides is 1. The van der Waals surface area contributed by atoms with Gasteiger partial charge >= 0.3 is 5.91 Å². The number of hydrogen-bond acceptors (Lipinski definition) is 6. The molecule has 0 radical (unpaired) electrons. The second kappa shape index (κ2) is 10.0. The minimum Gasteiger partial charge on any atom is -0.455 e. The average molecular weight is 559 g/mol. The lowest BCUT2D eigenvalue weighted by Gasteiger charge is -2.14. The predicted molar refractivity (Wildman–Crippen MR) is 133 cm³/mol. The topological polar surface area (TPSA) is 130 Å². The molecule has 182 valence electrons. The van der Waals surface area contributed by atoms with Crippen LogP contribution >= 0.6 is 15.9 Å². The number of nitrogens with one attached hydrogen (secondary N) is 3. The Morgan fingerprint density at radius 1 is 0.943 bits per heavy atom. The summed E-state index contributed by atoms with van der Waals surface area (Å²) in [6.45, 7) is 3.57. The van der Waals surface area contributed by atoms with E-state index in [1.807, 2.05) is 6.92 Å². The van der Waals surface area contributed by atoms with Crippen LogP contribution in [-0.4, -0.2) is 25.9 Å². The normalized spacial score (nSPS) is 14.3. The molecule has 2 amide bonds. The highest BCUT2D eigenvalue weighted by Crippen LogP contribution is 2.30. The minimum atomic E-state index is -3.85. The molecule has 1 aromatic heterocycles. The van der Waals surface area contributed by atoms with E-state index in [-0.39, 0.29) is 10.7 Å². The first-order chi connectivity index (χ1) is 16.7. The van der Waals surface area contributed by atoms with Crippen LogP contribution in [0.4, 0.5) is 0 Å². The SMILES string of the molecule is Cc1ccc(S(=O)(=O)N/N=C2\CCCc3oc(C(=O)NNC(=O)c4ccc(Br)cc4)c(C)c32)cc1. The van der Waals surface area contributed by atoms with Gasteiger partial charge in [-0.25, -0.2) is 0 Å². The summed E-state index contributed by atoms with van der Waals surface area (Å²) in [6.07, 6.45) is 1.79. The smallest absolute Gasteiger partial charge is 0.305 e. The quantitative estimate of drug-likeness (QED) is 0.410. The van der Waals surface area contributed by atoms with E-state index in [2.05, 4.69) is 36.7 Å². The Morgan fingerprint density at radius 2 is 1.60 bits per heavy atom. The predicted octanol–water partition coefficient (Wildman–Crippen LogP) is 3.75. The first-order valence-electron chi connectivity index (χ1n) is 10.8. The summed E-state index contributed by atoms with van der Waals surface area (Å²) in [7, 11) is -3.85. The van der Waals surface area contributed by atoms with E-state index in [1.54, 1.807) is 43.3 Å². The fraction of sp³-hybridized carbons (Fsp3) is 0.208. The van der Waals surface area contributed by atoms with Crippen LogP contribution in [0.5, 0.6) is 0 Å². The first kappa shape index (κ1) is 24.7. The van der Waals surface area contributed by atoms with E-state index in [0.717, 1.165) is 10.0 Å². The number of furan rings is 1. The monoisotopic (exact) mass is 558 g/mol. The van der Waals surface area contributed by atoms with Crippen LogP contribution in [0.3, 0.4) is 0 Å². The zero-order valence-electron chi connectivity index (χ0n) is 19.0. The van der Waals surface area contributed by atoms with E-state index in [4.69, 9.17) is 4.42 Å². The number of carbonyl (C=O) groups is 2. The molecular weight excluding hydrogens is 536 g/mol. The molecule has 0 fully saturated rings. The van der Waals surface area contributed by atoms with Crippen molar-refractivity contribution in [2.75, 3.05) is 0 Å². The molecule has 0 atom stereocenters. The molecule has 35 heavy (non-hydrogen) atoms. The maximum absolute atomic E-state index is 12.7. The summed E-state index contributed by atoms with van der Waals surface area (Å²) in [5, 5.41) is 4.16. The van der Waals surface area contributed by atoms with E-state index in [0.29, 0.717) is 47.4 Å². The highest BCUT2D eigenvalue weighted by atomic mass is 79.9. The molecule has 1 aliphatic rings. The lowest BCUT2D eigenvalue weighted by atomic mass is 9.93. The fourth-order valence-corrected chi connectivity index (χ4v) is 4.82. The van der Waals surface area contributed by atoms with Gasteiger partial charge in [-0.2, -0.15) is 18.4 Å². The molecule has 3 aromatic rings. The van der Waals surface area contributed by atoms with Crippen LogP contribution in [0, 0.1) is 13.8 Å². The number of nitrogens with zero attached hydrogens (tertiary/aromatic N) is 1. The van der Waals surface area contributed by atoms with Gasteiger partial charge in [-0.3, -0.25) is 20.4 Å². The summed E-state index contributed by atoms with van der Waals surface area (Å²) < 4.78 is 31.9. The molecule has 0 aliphatic heterocycles. The molecule has 0 bridgehead atoms. The minimum absolute atomic E-state index is 0.0297. The molecule has 2 aromatic carbocycles. The Bertz CT molecular complexity index is 1410. The molecule has 0 unspecified atom stereocenters. The summed E-state index contributed by atoms with van der Waals surface area (Å²) >= 11 is 3.30. The van der Waals surface area contributed by atoms with Crippen molar-refractivity contribution in [1.29, 1.82) is 0 Å². The van der Waals surface area contributed by atoms with Gasteiger partial charge in [-0.05, 0) is 63.1 Å². The van der Waals surface area contributed by atoms with Crippen LogP contribution in [0.15, 0.2) is 67.4 Å². The van der Waals surface area contributed by atoms with Gasteiger partial charge in [0.15, 0.2) is 5.76 Å². The second-order valence-corrected chi connectivity index (χ2v) is 10.7. The molecule has 0 saturated carbocycles. The number of benzene rings is 2. The van der Waals surface area contributed by atoms with Crippen molar-refractivity contribution in [2.24, 2.45) is 5.10 Å². The third kappa shape index (κ3) is 5.46. The van der Waals surface area contributed by atoms with Gasteiger partial charge in [0.05, 0.1) is 10.6 Å². The van der Waals surface area contributed by atoms with Gasteiger partial charge in [0.1, 0.15) is 5.76 Å². The highest BCUT2D eigenvalue weighted by Gasteiger charge is 2.28. The molecule has 9 nitrogen and oxygen atoms in total. The molecule has 1 heterocycles. The van der Waals surface area contributed by atoms with Crippen molar-refractivity contribution in [2.45, 2.75) is 38.0 Å². The van der Waals surface area contributed by atoms with E-state index in [1.165, 1.54) is 12.1 Å². The van der Waals surface area contributed by atoms with Crippen molar-refractivity contribution in [3.8, 4) is 0 Å². The molecule has 3 N–H and O–H groups in total. The van der Waals surface area contributed by atoms with Crippen molar-refractivity contribution in [3.63, 3.8) is 0 Å². The Balaban J connectivity index is 1.50. The standard InChI is InChI=1S/C24H23BrN4O5S/c1-14-6-12-18(13-7-14)35(32,33)29-26-19-4-3-5-20-21(19)15(2)22(34-20)24(31)28-27-23(30)16-8-10-17(25)11-9-16/h6-13,29H,3-5H2,1-2H3,(H,27,30)(H,28,31)/b26-19+. The zero-order chi connectivity index (χ0) is 25.2. The van der Waals surface area contributed by atoms with Crippen molar-refractivity contribution < 1.29 is 22.4 Å². The summed E-state index contributed by atoms with van der Waals surface area (Å²) in [4.78, 5) is 27.4. The number of hydrazone groups is 1. The lowest BCUT2D eigenvalue weighted by Crippen LogP contribution is -2.41. The van der Waals surface area contributed by atoms with Gasteiger partial charge in [0.2, 0.25) is 0 Å². The molecule has 1 aliphatic carbocycles. The van der Waals surface area contributed by atoms with Gasteiger partial charge < -0.3 is 4.42 Å². The van der Waals surface area contributed by atoms with Crippen molar-refractivity contribution >= 4 is 43.5 Å². The van der Waals surface area contributed by atoms with Gasteiger partial charge in [-0.15, -0.1) is 0 Å². The van der Waals surface area contributed by atoms with Crippen LogP contribution in [0.25, 0.3) is 0 Å². The van der Waals surface area contributed by atoms with Gasteiger partial charge in [-0.1, -0.05) is 33.6 Å². The highest BCUT2D eigenvalue weighted by molar-refractivity contribution is 9.10. The Kier molecular flexibility index (Phi) is 7.08. The van der Waals surface area contributed by atoms with Crippen molar-refractivity contribution in [1.82, 2.24) is 15.7 Å². The number of fused-ring (bicyclic) bond motifs is 1. The number of hydrogen-bond donors (Lipinski definition) is 3. The second-order valence-electron chi connectivity index (χ2n) is 8.09. The van der Waals surface area contributed by atoms with E-state index >= 15 is 0 Å². The zero-order valence-corrected chi connectivity index (χ0v) is 21.4. The van der Waals surface area contributed by atoms with Crippen LogP contribution < -0.4 is 15.7 Å². The number of amides is 2. The number of aryl methyl sites for hydroxylation is 2. The van der Waals surface area contributed by atoms with Crippen LogP contribution in [0.2, 0.25) is 0 Å². The third-order valence-corrected chi connectivity index (χ3v) is 7.31. The summed E-state index contributed by atoms with van der Waals surface area (Å²) in [6, 6.07) is 13.1. The first-order valence-corrected chi connectivity index (χ1v) is 13.1. The number of carbonyl (C=O) groups excluding carboxylic acids is 2. The summed E-state index contributed by atoms with van der Waals surface area (Å²) in [5.74, 6) is -0.525. The lowest BCUT2D eigenvalue weighted by molar-refractivity contribution is 0.0829. The average Bonchev–Trinajstić information content (AvgIpc) is 3.19. The molecule has 11 heteroatoms. The van der Waals surface area contributed by atoms with Crippen LogP contribution in [-0.2, 0) is 16.4 Å². The molecule has 0 spiro atoms. The Hall–Kier alpha value is -3.44. The van der Waals surface area contributed by atoms with E-state index in [9.17, 15) is 18.0 Å². The maximum Gasteiger partial charge on any atom is 0.305 e. The molecular formula is C24H23BrN4O5S. The molecule has 4 rings (SSSR count). The maximum atomic E-state index is 12.7. The number of halogens is 1. The molecule has 0 saturated heterocycles. The van der Waals surface area contributed by atoms with E-state index < -0.39 is 21.8 Å². The largest absolute Gasteiger partial charge is 0.455 e. The van der Waals surface area contributed by atoms with Gasteiger partial charge in [0, 0.05) is 27.6 Å². The number of rotatable bonds is 5.